The van der Waals surface area contributed by atoms with Gasteiger partial charge in [0.05, 0.1) is 12.0 Å². The third-order valence-corrected chi connectivity index (χ3v) is 3.75. The topological polar surface area (TPSA) is 73.6 Å². The Morgan fingerprint density at radius 3 is 2.91 bits per heavy atom. The molecular weight excluding hydrogens is 282 g/mol. The highest BCUT2D eigenvalue weighted by Crippen LogP contribution is 2.35. The van der Waals surface area contributed by atoms with Gasteiger partial charge in [-0.1, -0.05) is 12.1 Å². The summed E-state index contributed by atoms with van der Waals surface area (Å²) >= 11 is 0. The van der Waals surface area contributed by atoms with Gasteiger partial charge < -0.3 is 4.74 Å². The molecule has 0 aromatic carbocycles. The van der Waals surface area contributed by atoms with Gasteiger partial charge in [0.15, 0.2) is 0 Å². The maximum atomic E-state index is 12.8. The van der Waals surface area contributed by atoms with E-state index in [9.17, 15) is 9.59 Å². The number of carbonyl (C=O) groups is 1. The number of carbonyl (C=O) groups excluding carboxylic acids is 1. The number of hydrogen-bond donors (Lipinski definition) is 0. The van der Waals surface area contributed by atoms with Gasteiger partial charge in [-0.2, -0.15) is 4.98 Å². The van der Waals surface area contributed by atoms with Crippen LogP contribution in [-0.4, -0.2) is 20.3 Å². The van der Waals surface area contributed by atoms with Gasteiger partial charge in [0.1, 0.15) is 5.65 Å². The molecule has 1 atom stereocenters. The SMILES string of the molecule is O=C1C[C@@H](c2cccnc2)c2c(nc3ccccn3c2=O)O1. The third kappa shape index (κ3) is 1.88. The van der Waals surface area contributed by atoms with E-state index in [1.807, 2.05) is 6.07 Å². The van der Waals surface area contributed by atoms with Crippen molar-refractivity contribution in [1.82, 2.24) is 14.4 Å². The predicted molar refractivity (Wildman–Crippen MR) is 77.8 cm³/mol. The van der Waals surface area contributed by atoms with Crippen molar-refractivity contribution in [1.29, 1.82) is 0 Å². The molecule has 1 aliphatic rings. The van der Waals surface area contributed by atoms with Crippen molar-refractivity contribution >= 4 is 11.6 Å². The molecule has 0 saturated heterocycles. The first-order valence-electron chi connectivity index (χ1n) is 6.86. The molecule has 6 heteroatoms. The fourth-order valence-corrected chi connectivity index (χ4v) is 2.74. The zero-order valence-electron chi connectivity index (χ0n) is 11.5. The van der Waals surface area contributed by atoms with Crippen molar-refractivity contribution in [3.63, 3.8) is 0 Å². The van der Waals surface area contributed by atoms with Gasteiger partial charge >= 0.3 is 5.97 Å². The molecule has 0 amide bonds. The van der Waals surface area contributed by atoms with Gasteiger partial charge in [0.2, 0.25) is 5.88 Å². The van der Waals surface area contributed by atoms with Crippen molar-refractivity contribution in [3.8, 4) is 5.88 Å². The second-order valence-corrected chi connectivity index (χ2v) is 5.08. The van der Waals surface area contributed by atoms with Crippen LogP contribution >= 0.6 is 0 Å². The number of ether oxygens (including phenoxy) is 1. The molecule has 0 saturated carbocycles. The van der Waals surface area contributed by atoms with E-state index in [-0.39, 0.29) is 23.8 Å². The maximum Gasteiger partial charge on any atom is 0.313 e. The minimum Gasteiger partial charge on any atom is -0.407 e. The molecule has 22 heavy (non-hydrogen) atoms. The average molecular weight is 293 g/mol. The van der Waals surface area contributed by atoms with Gasteiger partial charge in [-0.05, 0) is 23.8 Å². The van der Waals surface area contributed by atoms with E-state index in [1.54, 1.807) is 42.9 Å². The van der Waals surface area contributed by atoms with Gasteiger partial charge in [0.25, 0.3) is 5.56 Å². The summed E-state index contributed by atoms with van der Waals surface area (Å²) in [7, 11) is 0. The van der Waals surface area contributed by atoms with Crippen LogP contribution in [0.1, 0.15) is 23.5 Å². The molecule has 3 aromatic heterocycles. The molecule has 0 aliphatic carbocycles. The first-order chi connectivity index (χ1) is 10.7. The summed E-state index contributed by atoms with van der Waals surface area (Å²) in [4.78, 5) is 33.0. The lowest BCUT2D eigenvalue weighted by Crippen LogP contribution is -2.31. The van der Waals surface area contributed by atoms with Crippen LogP contribution in [0.3, 0.4) is 0 Å². The Morgan fingerprint density at radius 1 is 1.18 bits per heavy atom. The van der Waals surface area contributed by atoms with Crippen molar-refractivity contribution in [3.05, 3.63) is 70.4 Å². The Kier molecular flexibility index (Phi) is 2.75. The van der Waals surface area contributed by atoms with Crippen LogP contribution in [0, 0.1) is 0 Å². The Bertz CT molecular complexity index is 934. The van der Waals surface area contributed by atoms with Crippen LogP contribution in [0.15, 0.2) is 53.7 Å². The number of rotatable bonds is 1. The van der Waals surface area contributed by atoms with Gasteiger partial charge in [-0.25, -0.2) is 0 Å². The first kappa shape index (κ1) is 12.7. The lowest BCUT2D eigenvalue weighted by molar-refractivity contribution is -0.135. The zero-order chi connectivity index (χ0) is 15.1. The minimum atomic E-state index is -0.395. The van der Waals surface area contributed by atoms with Crippen LogP contribution in [0.4, 0.5) is 0 Å². The second kappa shape index (κ2) is 4.77. The zero-order valence-corrected chi connectivity index (χ0v) is 11.5. The molecule has 0 unspecified atom stereocenters. The molecular formula is C16H11N3O3. The van der Waals surface area contributed by atoms with Crippen molar-refractivity contribution in [2.24, 2.45) is 0 Å². The average Bonchev–Trinajstić information content (AvgIpc) is 2.55. The first-order valence-corrected chi connectivity index (χ1v) is 6.86. The van der Waals surface area contributed by atoms with Crippen molar-refractivity contribution < 1.29 is 9.53 Å². The lowest BCUT2D eigenvalue weighted by atomic mass is 9.89. The Labute approximate surface area is 125 Å². The predicted octanol–water partition coefficient (Wildman–Crippen LogP) is 1.53. The minimum absolute atomic E-state index is 0.0984. The highest BCUT2D eigenvalue weighted by molar-refractivity contribution is 5.77. The highest BCUT2D eigenvalue weighted by atomic mass is 16.5. The summed E-state index contributed by atoms with van der Waals surface area (Å²) < 4.78 is 6.65. The summed E-state index contributed by atoms with van der Waals surface area (Å²) in [5, 5.41) is 0. The van der Waals surface area contributed by atoms with Crippen molar-refractivity contribution in [2.75, 3.05) is 0 Å². The number of aromatic nitrogens is 3. The fourth-order valence-electron chi connectivity index (χ4n) is 2.74. The molecule has 3 aromatic rings. The lowest BCUT2D eigenvalue weighted by Gasteiger charge is -2.23. The highest BCUT2D eigenvalue weighted by Gasteiger charge is 2.33. The van der Waals surface area contributed by atoms with E-state index >= 15 is 0 Å². The summed E-state index contributed by atoms with van der Waals surface area (Å²) in [6, 6.07) is 8.86. The molecule has 0 spiro atoms. The van der Waals surface area contributed by atoms with E-state index < -0.39 is 5.97 Å². The normalized spacial score (nSPS) is 17.1. The third-order valence-electron chi connectivity index (χ3n) is 3.75. The summed E-state index contributed by atoms with van der Waals surface area (Å²) in [5.41, 5.74) is 1.43. The standard InChI is InChI=1S/C16H11N3O3/c20-13-8-11(10-4-3-6-17-9-10)14-15(22-13)18-12-5-1-2-7-19(12)16(14)21/h1-7,9,11H,8H2/t11-/m0/s1. The number of pyridine rings is 2. The Morgan fingerprint density at radius 2 is 2.09 bits per heavy atom. The molecule has 1 aliphatic heterocycles. The van der Waals surface area contributed by atoms with Gasteiger partial charge in [0, 0.05) is 24.5 Å². The molecule has 0 fully saturated rings. The molecule has 0 bridgehead atoms. The molecule has 0 radical (unpaired) electrons. The number of hydrogen-bond acceptors (Lipinski definition) is 5. The van der Waals surface area contributed by atoms with Gasteiger partial charge in [-0.3, -0.25) is 19.0 Å². The fraction of sp³-hybridized carbons (Fsp3) is 0.125. The van der Waals surface area contributed by atoms with Crippen LogP contribution in [0.2, 0.25) is 0 Å². The quantitative estimate of drug-likeness (QED) is 0.636. The monoisotopic (exact) mass is 293 g/mol. The summed E-state index contributed by atoms with van der Waals surface area (Å²) in [6.07, 6.45) is 5.07. The van der Waals surface area contributed by atoms with Gasteiger partial charge in [-0.15, -0.1) is 0 Å². The van der Waals surface area contributed by atoms with Crippen LogP contribution in [-0.2, 0) is 4.79 Å². The number of fused-ring (bicyclic) bond motifs is 2. The van der Waals surface area contributed by atoms with Crippen LogP contribution in [0.5, 0.6) is 5.88 Å². The van der Waals surface area contributed by atoms with E-state index in [2.05, 4.69) is 9.97 Å². The van der Waals surface area contributed by atoms with E-state index in [4.69, 9.17) is 4.74 Å². The van der Waals surface area contributed by atoms with E-state index in [1.165, 1.54) is 4.40 Å². The molecule has 4 rings (SSSR count). The second-order valence-electron chi connectivity index (χ2n) is 5.08. The van der Waals surface area contributed by atoms with Crippen molar-refractivity contribution in [2.45, 2.75) is 12.3 Å². The molecule has 4 heterocycles. The summed E-state index contributed by atoms with van der Waals surface area (Å²) in [5.74, 6) is -0.683. The molecule has 6 nitrogen and oxygen atoms in total. The smallest absolute Gasteiger partial charge is 0.313 e. The summed E-state index contributed by atoms with van der Waals surface area (Å²) in [6.45, 7) is 0. The largest absolute Gasteiger partial charge is 0.407 e. The van der Waals surface area contributed by atoms with Crippen LogP contribution < -0.4 is 10.3 Å². The Balaban J connectivity index is 2.02. The maximum absolute atomic E-state index is 12.8. The Hall–Kier alpha value is -3.02. The number of nitrogens with zero attached hydrogens (tertiary/aromatic N) is 3. The van der Waals surface area contributed by atoms with Crippen LogP contribution in [0.25, 0.3) is 5.65 Å². The molecule has 108 valence electrons. The van der Waals surface area contributed by atoms with E-state index in [0.29, 0.717) is 11.2 Å². The van der Waals surface area contributed by atoms with E-state index in [0.717, 1.165) is 5.56 Å². The number of esters is 1. The molecule has 0 N–H and O–H groups in total.